The van der Waals surface area contributed by atoms with Gasteiger partial charge in [-0.3, -0.25) is 9.69 Å². The van der Waals surface area contributed by atoms with Gasteiger partial charge in [-0.25, -0.2) is 4.68 Å². The molecular formula is C25H24N4O. The summed E-state index contributed by atoms with van der Waals surface area (Å²) in [6, 6.07) is 18.6. The van der Waals surface area contributed by atoms with Gasteiger partial charge in [-0.2, -0.15) is 5.10 Å². The molecule has 4 aromatic rings. The second-order valence-corrected chi connectivity index (χ2v) is 7.66. The van der Waals surface area contributed by atoms with Gasteiger partial charge < -0.3 is 4.57 Å². The maximum Gasteiger partial charge on any atom is 0.170 e. The van der Waals surface area contributed by atoms with Crippen molar-refractivity contribution in [2.75, 3.05) is 20.6 Å². The van der Waals surface area contributed by atoms with Gasteiger partial charge in [-0.1, -0.05) is 24.0 Å². The third kappa shape index (κ3) is 4.19. The van der Waals surface area contributed by atoms with Gasteiger partial charge in [0, 0.05) is 34.9 Å². The molecule has 2 aromatic carbocycles. The highest BCUT2D eigenvalue weighted by Crippen LogP contribution is 2.22. The molecule has 0 saturated carbocycles. The van der Waals surface area contributed by atoms with E-state index in [1.54, 1.807) is 10.7 Å². The van der Waals surface area contributed by atoms with Crippen LogP contribution in [0.2, 0.25) is 0 Å². The summed E-state index contributed by atoms with van der Waals surface area (Å²) in [7, 11) is 4.03. The van der Waals surface area contributed by atoms with Crippen LogP contribution < -0.4 is 0 Å². The van der Waals surface area contributed by atoms with E-state index in [1.807, 2.05) is 27.1 Å². The molecule has 0 atom stereocenters. The second-order valence-electron chi connectivity index (χ2n) is 7.66. The molecule has 150 valence electrons. The van der Waals surface area contributed by atoms with Gasteiger partial charge in [0.1, 0.15) is 5.69 Å². The van der Waals surface area contributed by atoms with Crippen LogP contribution in [0.25, 0.3) is 16.6 Å². The number of aldehydes is 1. The van der Waals surface area contributed by atoms with Crippen LogP contribution >= 0.6 is 0 Å². The van der Waals surface area contributed by atoms with Crippen LogP contribution in [0.15, 0.2) is 60.8 Å². The first-order valence-electron chi connectivity index (χ1n) is 9.87. The Hall–Kier alpha value is -3.62. The quantitative estimate of drug-likeness (QED) is 0.379. The molecule has 2 aromatic heterocycles. The highest BCUT2D eigenvalue weighted by atomic mass is 16.1. The molecule has 4 rings (SSSR count). The Labute approximate surface area is 176 Å². The van der Waals surface area contributed by atoms with Crippen molar-refractivity contribution in [2.24, 2.45) is 0 Å². The van der Waals surface area contributed by atoms with Gasteiger partial charge in [0.05, 0.1) is 12.2 Å². The first kappa shape index (κ1) is 19.7. The Kier molecular flexibility index (Phi) is 5.51. The molecule has 0 amide bonds. The fourth-order valence-corrected chi connectivity index (χ4v) is 3.46. The number of rotatable bonds is 5. The topological polar surface area (TPSA) is 43.1 Å². The summed E-state index contributed by atoms with van der Waals surface area (Å²) in [4.78, 5) is 13.1. The van der Waals surface area contributed by atoms with E-state index in [2.05, 4.69) is 75.1 Å². The monoisotopic (exact) mass is 396 g/mol. The first-order valence-corrected chi connectivity index (χ1v) is 9.87. The predicted molar refractivity (Wildman–Crippen MR) is 120 cm³/mol. The number of fused-ring (bicyclic) bond motifs is 1. The summed E-state index contributed by atoms with van der Waals surface area (Å²) < 4.78 is 4.04. The van der Waals surface area contributed by atoms with Gasteiger partial charge in [-0.05, 0) is 69.0 Å². The van der Waals surface area contributed by atoms with Crippen molar-refractivity contribution in [3.8, 4) is 17.5 Å². The van der Waals surface area contributed by atoms with Crippen molar-refractivity contribution in [1.29, 1.82) is 0 Å². The van der Waals surface area contributed by atoms with E-state index in [1.165, 1.54) is 5.56 Å². The largest absolute Gasteiger partial charge is 0.343 e. The molecule has 0 spiro atoms. The second kappa shape index (κ2) is 8.40. The Morgan fingerprint density at radius 1 is 1.07 bits per heavy atom. The van der Waals surface area contributed by atoms with Crippen molar-refractivity contribution >= 4 is 17.2 Å². The van der Waals surface area contributed by atoms with Crippen molar-refractivity contribution in [3.63, 3.8) is 0 Å². The average molecular weight is 396 g/mol. The third-order valence-corrected chi connectivity index (χ3v) is 4.96. The molecule has 2 heterocycles. The Bertz CT molecular complexity index is 1250. The maximum absolute atomic E-state index is 11.0. The van der Waals surface area contributed by atoms with Gasteiger partial charge in [0.25, 0.3) is 0 Å². The molecule has 5 heteroatoms. The number of benzene rings is 2. The number of hydrogen-bond acceptors (Lipinski definition) is 3. The molecule has 0 unspecified atom stereocenters. The molecule has 5 nitrogen and oxygen atoms in total. The van der Waals surface area contributed by atoms with Crippen LogP contribution in [-0.4, -0.2) is 46.2 Å². The number of nitrogens with zero attached hydrogens (tertiary/aromatic N) is 4. The Morgan fingerprint density at radius 2 is 1.87 bits per heavy atom. The van der Waals surface area contributed by atoms with Crippen molar-refractivity contribution in [3.05, 3.63) is 83.3 Å². The van der Waals surface area contributed by atoms with Gasteiger partial charge in [-0.15, -0.1) is 0 Å². The lowest BCUT2D eigenvalue weighted by Crippen LogP contribution is -2.10. The molecule has 0 aliphatic heterocycles. The zero-order chi connectivity index (χ0) is 21.1. The SMILES string of the molecule is Cc1cc(C=O)nn1-c1ccc2c(ccn2Cc2ccc(C#CCN(C)C)cc2)c1. The van der Waals surface area contributed by atoms with Gasteiger partial charge >= 0.3 is 0 Å². The van der Waals surface area contributed by atoms with E-state index in [-0.39, 0.29) is 0 Å². The summed E-state index contributed by atoms with van der Waals surface area (Å²) in [5.74, 6) is 6.36. The minimum Gasteiger partial charge on any atom is -0.343 e. The Balaban J connectivity index is 1.54. The maximum atomic E-state index is 11.0. The van der Waals surface area contributed by atoms with Crippen LogP contribution in [-0.2, 0) is 6.54 Å². The molecule has 0 N–H and O–H groups in total. The summed E-state index contributed by atoms with van der Waals surface area (Å²) >= 11 is 0. The predicted octanol–water partition coefficient (Wildman–Crippen LogP) is 3.91. The summed E-state index contributed by atoms with van der Waals surface area (Å²) in [5, 5.41) is 5.49. The summed E-state index contributed by atoms with van der Waals surface area (Å²) in [5.41, 5.74) is 5.75. The molecule has 0 aliphatic rings. The van der Waals surface area contributed by atoms with Gasteiger partial charge in [0.15, 0.2) is 6.29 Å². The fraction of sp³-hybridized carbons (Fsp3) is 0.200. The minimum absolute atomic E-state index is 0.444. The molecular weight excluding hydrogens is 372 g/mol. The fourth-order valence-electron chi connectivity index (χ4n) is 3.46. The standard InChI is InChI=1S/C25H24N4O/c1-19-15-23(18-30)26-29(19)24-10-11-25-22(16-24)12-14-28(25)17-21-8-6-20(7-9-21)5-4-13-27(2)3/h6-12,14-16,18H,13,17H2,1-3H3. The number of carbonyl (C=O) groups is 1. The zero-order valence-corrected chi connectivity index (χ0v) is 17.5. The third-order valence-electron chi connectivity index (χ3n) is 4.96. The van der Waals surface area contributed by atoms with Crippen LogP contribution in [0, 0.1) is 18.8 Å². The lowest BCUT2D eigenvalue weighted by Gasteiger charge is -2.08. The van der Waals surface area contributed by atoms with E-state index in [0.717, 1.165) is 47.2 Å². The van der Waals surface area contributed by atoms with E-state index >= 15 is 0 Å². The average Bonchev–Trinajstić information content (AvgIpc) is 3.31. The molecule has 0 radical (unpaired) electrons. The highest BCUT2D eigenvalue weighted by molar-refractivity contribution is 5.82. The molecule has 0 bridgehead atoms. The number of hydrogen-bond donors (Lipinski definition) is 0. The lowest BCUT2D eigenvalue weighted by molar-refractivity contribution is 0.111. The van der Waals surface area contributed by atoms with Crippen molar-refractivity contribution in [2.45, 2.75) is 13.5 Å². The first-order chi connectivity index (χ1) is 14.5. The smallest absolute Gasteiger partial charge is 0.170 e. The molecule has 0 fully saturated rings. The van der Waals surface area contributed by atoms with E-state index in [0.29, 0.717) is 5.69 Å². The number of aromatic nitrogens is 3. The van der Waals surface area contributed by atoms with Crippen LogP contribution in [0.1, 0.15) is 27.3 Å². The number of aryl methyl sites for hydroxylation is 1. The summed E-state index contributed by atoms with van der Waals surface area (Å²) in [6.07, 6.45) is 2.88. The van der Waals surface area contributed by atoms with Crippen LogP contribution in [0.3, 0.4) is 0 Å². The highest BCUT2D eigenvalue weighted by Gasteiger charge is 2.08. The van der Waals surface area contributed by atoms with Crippen molar-refractivity contribution < 1.29 is 4.79 Å². The van der Waals surface area contributed by atoms with E-state index in [9.17, 15) is 4.79 Å². The van der Waals surface area contributed by atoms with Crippen LogP contribution in [0.4, 0.5) is 0 Å². The van der Waals surface area contributed by atoms with Crippen molar-refractivity contribution in [1.82, 2.24) is 19.2 Å². The molecule has 0 saturated heterocycles. The zero-order valence-electron chi connectivity index (χ0n) is 17.5. The normalized spacial score (nSPS) is 10.9. The Morgan fingerprint density at radius 3 is 2.57 bits per heavy atom. The number of carbonyl (C=O) groups excluding carboxylic acids is 1. The molecule has 30 heavy (non-hydrogen) atoms. The molecule has 0 aliphatic carbocycles. The van der Waals surface area contributed by atoms with E-state index in [4.69, 9.17) is 0 Å². The van der Waals surface area contributed by atoms with E-state index < -0.39 is 0 Å². The van der Waals surface area contributed by atoms with Crippen LogP contribution in [0.5, 0.6) is 0 Å². The van der Waals surface area contributed by atoms with Gasteiger partial charge in [0.2, 0.25) is 0 Å². The lowest BCUT2D eigenvalue weighted by atomic mass is 10.1. The summed E-state index contributed by atoms with van der Waals surface area (Å²) in [6.45, 7) is 3.50. The minimum atomic E-state index is 0.444.